The Labute approximate surface area is 117 Å². The van der Waals surface area contributed by atoms with Crippen molar-refractivity contribution in [3.05, 3.63) is 0 Å². The van der Waals surface area contributed by atoms with Crippen LogP contribution in [0.5, 0.6) is 0 Å². The number of nitrogens with zero attached hydrogens (tertiary/aromatic N) is 1. The number of likely N-dealkylation sites (N-methyl/N-ethyl adjacent to an activating group) is 1. The number of hydrogen-bond donors (Lipinski definition) is 2. The molecule has 0 saturated heterocycles. The van der Waals surface area contributed by atoms with E-state index < -0.39 is 16.1 Å². The molecule has 0 radical (unpaired) electrons. The average Bonchev–Trinajstić information content (AvgIpc) is 2.34. The van der Waals surface area contributed by atoms with Gasteiger partial charge in [0.2, 0.25) is 10.0 Å². The van der Waals surface area contributed by atoms with Crippen LogP contribution in [0.3, 0.4) is 0 Å². The van der Waals surface area contributed by atoms with E-state index >= 15 is 0 Å². The van der Waals surface area contributed by atoms with E-state index in [0.29, 0.717) is 25.4 Å². The number of hydrogen-bond acceptors (Lipinski definition) is 4. The van der Waals surface area contributed by atoms with Gasteiger partial charge in [-0.25, -0.2) is 8.42 Å². The molecule has 1 rings (SSSR count). The van der Waals surface area contributed by atoms with Gasteiger partial charge in [0.1, 0.15) is 0 Å². The standard InChI is InChI=1S/C13H28N2O3S/c1-11(2)14-9-6-10-19(17,18)15(3)12-7-4-5-8-13(12)16/h11-14,16H,4-10H2,1-3H3. The summed E-state index contributed by atoms with van der Waals surface area (Å²) >= 11 is 0. The monoisotopic (exact) mass is 292 g/mol. The van der Waals surface area contributed by atoms with Crippen molar-refractivity contribution in [2.24, 2.45) is 0 Å². The molecule has 1 aliphatic rings. The number of nitrogens with one attached hydrogen (secondary N) is 1. The van der Waals surface area contributed by atoms with E-state index in [2.05, 4.69) is 5.32 Å². The average molecular weight is 292 g/mol. The van der Waals surface area contributed by atoms with E-state index in [0.717, 1.165) is 19.3 Å². The van der Waals surface area contributed by atoms with Crippen LogP contribution in [0.25, 0.3) is 0 Å². The van der Waals surface area contributed by atoms with Crippen molar-refractivity contribution < 1.29 is 13.5 Å². The largest absolute Gasteiger partial charge is 0.391 e. The molecule has 114 valence electrons. The van der Waals surface area contributed by atoms with E-state index in [1.807, 2.05) is 13.8 Å². The van der Waals surface area contributed by atoms with Gasteiger partial charge in [0.25, 0.3) is 0 Å². The van der Waals surface area contributed by atoms with Crippen LogP contribution in [0.1, 0.15) is 46.0 Å². The zero-order valence-corrected chi connectivity index (χ0v) is 13.1. The Morgan fingerprint density at radius 3 is 2.53 bits per heavy atom. The van der Waals surface area contributed by atoms with Crippen LogP contribution in [0.4, 0.5) is 0 Å². The van der Waals surface area contributed by atoms with Gasteiger partial charge >= 0.3 is 0 Å². The Hall–Kier alpha value is -0.170. The van der Waals surface area contributed by atoms with Crippen LogP contribution in [0.15, 0.2) is 0 Å². The molecule has 2 atom stereocenters. The molecule has 1 saturated carbocycles. The molecule has 0 aromatic heterocycles. The SMILES string of the molecule is CC(C)NCCCS(=O)(=O)N(C)C1CCCCC1O. The molecular weight excluding hydrogens is 264 g/mol. The molecular formula is C13H28N2O3S. The maximum absolute atomic E-state index is 12.2. The first-order valence-electron chi connectivity index (χ1n) is 7.21. The first-order valence-corrected chi connectivity index (χ1v) is 8.82. The van der Waals surface area contributed by atoms with Crippen LogP contribution in [0.2, 0.25) is 0 Å². The van der Waals surface area contributed by atoms with E-state index in [-0.39, 0.29) is 11.8 Å². The number of rotatable bonds is 7. The molecule has 19 heavy (non-hydrogen) atoms. The molecule has 0 amide bonds. The highest BCUT2D eigenvalue weighted by Gasteiger charge is 2.32. The second-order valence-corrected chi connectivity index (χ2v) is 7.86. The first kappa shape index (κ1) is 16.9. The Morgan fingerprint density at radius 1 is 1.32 bits per heavy atom. The Morgan fingerprint density at radius 2 is 1.95 bits per heavy atom. The molecule has 5 nitrogen and oxygen atoms in total. The Balaban J connectivity index is 2.46. The van der Waals surface area contributed by atoms with E-state index in [9.17, 15) is 13.5 Å². The third kappa shape index (κ3) is 5.38. The minimum Gasteiger partial charge on any atom is -0.391 e. The van der Waals surface area contributed by atoms with Gasteiger partial charge in [0.05, 0.1) is 17.9 Å². The zero-order valence-electron chi connectivity index (χ0n) is 12.3. The van der Waals surface area contributed by atoms with Crippen molar-refractivity contribution in [3.63, 3.8) is 0 Å². The summed E-state index contributed by atoms with van der Waals surface area (Å²) in [5.41, 5.74) is 0. The lowest BCUT2D eigenvalue weighted by Crippen LogP contribution is -2.47. The summed E-state index contributed by atoms with van der Waals surface area (Å²) in [7, 11) is -1.66. The van der Waals surface area contributed by atoms with Crippen LogP contribution in [0, 0.1) is 0 Å². The minimum atomic E-state index is -3.26. The normalized spacial score (nSPS) is 25.2. The summed E-state index contributed by atoms with van der Waals surface area (Å²) < 4.78 is 25.8. The number of aliphatic hydroxyl groups excluding tert-OH is 1. The lowest BCUT2D eigenvalue weighted by molar-refractivity contribution is 0.0638. The van der Waals surface area contributed by atoms with Crippen LogP contribution >= 0.6 is 0 Å². The van der Waals surface area contributed by atoms with E-state index in [1.54, 1.807) is 7.05 Å². The van der Waals surface area contributed by atoms with Crippen molar-refractivity contribution in [1.82, 2.24) is 9.62 Å². The summed E-state index contributed by atoms with van der Waals surface area (Å²) in [5.74, 6) is 0.145. The van der Waals surface area contributed by atoms with Crippen molar-refractivity contribution in [3.8, 4) is 0 Å². The Bertz CT molecular complexity index is 357. The van der Waals surface area contributed by atoms with Crippen molar-refractivity contribution in [2.45, 2.75) is 64.1 Å². The topological polar surface area (TPSA) is 69.6 Å². The predicted octanol–water partition coefficient (Wildman–Crippen LogP) is 0.940. The molecule has 6 heteroatoms. The van der Waals surface area contributed by atoms with Crippen molar-refractivity contribution in [2.75, 3.05) is 19.3 Å². The molecule has 0 heterocycles. The second-order valence-electron chi connectivity index (χ2n) is 5.71. The molecule has 0 aromatic carbocycles. The van der Waals surface area contributed by atoms with E-state index in [1.165, 1.54) is 4.31 Å². The number of sulfonamides is 1. The molecule has 0 bridgehead atoms. The fourth-order valence-corrected chi connectivity index (χ4v) is 3.97. The molecule has 0 aliphatic heterocycles. The van der Waals surface area contributed by atoms with Crippen LogP contribution in [-0.4, -0.2) is 55.4 Å². The van der Waals surface area contributed by atoms with Crippen LogP contribution < -0.4 is 5.32 Å². The second kappa shape index (κ2) is 7.57. The quantitative estimate of drug-likeness (QED) is 0.685. The van der Waals surface area contributed by atoms with Gasteiger partial charge in [-0.2, -0.15) is 4.31 Å². The molecule has 1 fully saturated rings. The van der Waals surface area contributed by atoms with Gasteiger partial charge in [-0.3, -0.25) is 0 Å². The highest BCUT2D eigenvalue weighted by atomic mass is 32.2. The van der Waals surface area contributed by atoms with Gasteiger partial charge in [-0.15, -0.1) is 0 Å². The highest BCUT2D eigenvalue weighted by Crippen LogP contribution is 2.24. The van der Waals surface area contributed by atoms with Gasteiger partial charge < -0.3 is 10.4 Å². The van der Waals surface area contributed by atoms with Crippen molar-refractivity contribution in [1.29, 1.82) is 0 Å². The molecule has 1 aliphatic carbocycles. The van der Waals surface area contributed by atoms with Gasteiger partial charge in [0, 0.05) is 13.1 Å². The summed E-state index contributed by atoms with van der Waals surface area (Å²) in [6, 6.07) is 0.136. The minimum absolute atomic E-state index is 0.145. The van der Waals surface area contributed by atoms with Gasteiger partial charge in [-0.05, 0) is 25.8 Å². The van der Waals surface area contributed by atoms with Crippen LogP contribution in [-0.2, 0) is 10.0 Å². The summed E-state index contributed by atoms with van der Waals surface area (Å²) in [4.78, 5) is 0. The fraction of sp³-hybridized carbons (Fsp3) is 1.00. The summed E-state index contributed by atoms with van der Waals surface area (Å²) in [6.45, 7) is 4.79. The number of aliphatic hydroxyl groups is 1. The lowest BCUT2D eigenvalue weighted by atomic mass is 9.93. The zero-order chi connectivity index (χ0) is 14.5. The Kier molecular flexibility index (Phi) is 6.73. The summed E-state index contributed by atoms with van der Waals surface area (Å²) in [5, 5.41) is 13.1. The molecule has 0 spiro atoms. The maximum atomic E-state index is 12.2. The van der Waals surface area contributed by atoms with Gasteiger partial charge in [0.15, 0.2) is 0 Å². The van der Waals surface area contributed by atoms with Gasteiger partial charge in [-0.1, -0.05) is 26.7 Å². The van der Waals surface area contributed by atoms with Crippen molar-refractivity contribution >= 4 is 10.0 Å². The smallest absolute Gasteiger partial charge is 0.214 e. The summed E-state index contributed by atoms with van der Waals surface area (Å²) in [6.07, 6.45) is 3.55. The molecule has 2 unspecified atom stereocenters. The third-order valence-corrected chi connectivity index (χ3v) is 5.68. The van der Waals surface area contributed by atoms with E-state index in [4.69, 9.17) is 0 Å². The lowest BCUT2D eigenvalue weighted by Gasteiger charge is -2.34. The molecule has 0 aromatic rings. The fourth-order valence-electron chi connectivity index (χ4n) is 2.51. The first-order chi connectivity index (χ1) is 8.84. The third-order valence-electron chi connectivity index (χ3n) is 3.73. The maximum Gasteiger partial charge on any atom is 0.214 e. The predicted molar refractivity (Wildman–Crippen MR) is 77.6 cm³/mol. The molecule has 2 N–H and O–H groups in total. The highest BCUT2D eigenvalue weighted by molar-refractivity contribution is 7.89.